The van der Waals surface area contributed by atoms with Gasteiger partial charge in [-0.05, 0) is 84.9 Å². The molecule has 0 heterocycles. The van der Waals surface area contributed by atoms with E-state index in [1.165, 1.54) is 6.61 Å². The maximum atomic E-state index is 13.9. The summed E-state index contributed by atoms with van der Waals surface area (Å²) in [7, 11) is 13.0. The van der Waals surface area contributed by atoms with Crippen LogP contribution in [0.2, 0.25) is 0 Å². The molecule has 0 unspecified atom stereocenters. The molecule has 0 saturated carbocycles. The Kier molecular flexibility index (Phi) is 52.1. The van der Waals surface area contributed by atoms with E-state index in [1.807, 2.05) is 291 Å². The molecular weight excluding hydrogens is 1780 g/mol. The quantitative estimate of drug-likeness (QED) is 0.0160. The molecule has 0 saturated heterocycles. The Bertz CT molecular complexity index is 4200. The zero-order chi connectivity index (χ0) is 101. The molecule has 7 rings (SSSR count). The summed E-state index contributed by atoms with van der Waals surface area (Å²) in [4.78, 5) is 165. The molecule has 0 amide bonds. The molecule has 7 aromatic carbocycles. The summed E-state index contributed by atoms with van der Waals surface area (Å²) in [6, 6.07) is 67.3. The molecule has 0 bridgehead atoms. The van der Waals surface area contributed by atoms with Crippen LogP contribution in [0.5, 0.6) is 0 Å². The van der Waals surface area contributed by atoms with Crippen LogP contribution in [0.1, 0.15) is 38.5 Å². The SMILES string of the molecule is C=CC(=O)OCC(COCC(COC(=O)C=C)(COC(=O)C=C)COC(=O)C=C)(COC(=O)C=C)COC(=O)C=C.CN(CCC(=O)OCC([CH+]OCC(COC(=O)CCN(C)c1ccccc1)(COC(=O)CCN(C)c1ccccc1)COC(=O)CCN(C)c1ccccc1)(COC(=O)CCN(C)c1ccccc1)COC(=O)CCN(C)c1ccccc1)c1ccccc1.CNc1ccccc1. The van der Waals surface area contributed by atoms with E-state index >= 15 is 0 Å². The summed E-state index contributed by atoms with van der Waals surface area (Å²) in [6.07, 6.45) is 5.06. The molecule has 740 valence electrons. The second-order valence-corrected chi connectivity index (χ2v) is 32.3. The van der Waals surface area contributed by atoms with Gasteiger partial charge in [-0.2, -0.15) is 4.74 Å². The number of anilines is 7. The van der Waals surface area contributed by atoms with Gasteiger partial charge in [0, 0.05) is 165 Å². The van der Waals surface area contributed by atoms with Gasteiger partial charge in [0.2, 0.25) is 12.0 Å². The molecule has 0 aliphatic heterocycles. The normalized spacial score (nSPS) is 10.8. The van der Waals surface area contributed by atoms with Gasteiger partial charge in [-0.3, -0.25) is 28.8 Å². The molecule has 0 fully saturated rings. The van der Waals surface area contributed by atoms with Crippen molar-refractivity contribution >= 4 is 111 Å². The van der Waals surface area contributed by atoms with Crippen molar-refractivity contribution in [2.75, 3.05) is 222 Å². The number of para-hydroxylation sites is 7. The first-order chi connectivity index (χ1) is 66.4. The van der Waals surface area contributed by atoms with Gasteiger partial charge in [-0.25, -0.2) is 28.8 Å². The Morgan fingerprint density at radius 1 is 0.254 bits per heavy atom. The van der Waals surface area contributed by atoms with E-state index in [4.69, 9.17) is 66.3 Å². The topological polar surface area (TPSA) is 366 Å². The van der Waals surface area contributed by atoms with Crippen LogP contribution < -0.4 is 34.7 Å². The fourth-order valence-electron chi connectivity index (χ4n) is 12.4. The highest BCUT2D eigenvalue weighted by Gasteiger charge is 2.49. The van der Waals surface area contributed by atoms with Gasteiger partial charge in [0.1, 0.15) is 91.3 Å². The van der Waals surface area contributed by atoms with Crippen molar-refractivity contribution in [1.29, 1.82) is 0 Å². The third kappa shape index (κ3) is 44.9. The maximum absolute atomic E-state index is 13.9. The first kappa shape index (κ1) is 114. The average Bonchev–Trinajstić information content (AvgIpc) is 0.834. The predicted molar refractivity (Wildman–Crippen MR) is 525 cm³/mol. The summed E-state index contributed by atoms with van der Waals surface area (Å²) < 4.78 is 79.5. The minimum Gasteiger partial charge on any atom is -0.465 e. The standard InChI is InChI=1S/C70H87N6O13.C28H34O13.C7H9N/c1-71(57-25-13-7-14-26-57)43-37-63(77)84-51-69(52-85-64(78)38-44-72(2)58-27-15-8-16-28-58,53-86-65(79)39-45-73(3)59-29-17-9-18-30-59)49-83-50-70(54-87-66(80)40-46-74(4)60-31-19-10-20-32-60,55-88-67(81)41-47-75(5)61-33-21-11-22-34-61)56-89-68(82)42-48-76(6)62-35-23-12-24-36-62;1-7-21(29)36-15-27(16-37-22(30)8-2,17-38-23(31)9-3)13-35-14-28(18-39-24(32)10-4,19-40-25(33)11-5)20-41-26(34)12-6;1-8-7-5-3-2-4-6-7/h7-36,49H,37-48,50-56H2,1-6H3;7-12H,1-6,13-20H2;2-6,8H,1H3/q+1;;. The first-order valence-electron chi connectivity index (χ1n) is 44.4. The van der Waals surface area contributed by atoms with Crippen LogP contribution in [-0.2, 0) is 124 Å². The maximum Gasteiger partial charge on any atom is 0.330 e. The number of rotatable bonds is 63. The minimum absolute atomic E-state index is 0.0414. The molecule has 0 radical (unpaired) electrons. The summed E-state index contributed by atoms with van der Waals surface area (Å²) in [5, 5.41) is 3.03. The van der Waals surface area contributed by atoms with Crippen LogP contribution in [0.3, 0.4) is 0 Å². The summed E-state index contributed by atoms with van der Waals surface area (Å²) in [6.45, 7) is 15.8. The number of hydrogen-bond donors (Lipinski definition) is 1. The van der Waals surface area contributed by atoms with E-state index in [0.717, 1.165) is 76.3 Å². The van der Waals surface area contributed by atoms with E-state index in [0.29, 0.717) is 19.6 Å². The highest BCUT2D eigenvalue weighted by Crippen LogP contribution is 2.32. The third-order valence-electron chi connectivity index (χ3n) is 21.0. The molecular formula is C105H130N7O26+. The zero-order valence-electron chi connectivity index (χ0n) is 79.9. The van der Waals surface area contributed by atoms with E-state index in [9.17, 15) is 57.5 Å². The average molecular weight is 1910 g/mol. The van der Waals surface area contributed by atoms with Crippen LogP contribution in [0.15, 0.2) is 288 Å². The van der Waals surface area contributed by atoms with Crippen molar-refractivity contribution in [1.82, 2.24) is 0 Å². The van der Waals surface area contributed by atoms with E-state index in [1.54, 1.807) is 0 Å². The van der Waals surface area contributed by atoms with Crippen molar-refractivity contribution < 1.29 is 124 Å². The summed E-state index contributed by atoms with van der Waals surface area (Å²) >= 11 is 0. The monoisotopic (exact) mass is 1900 g/mol. The van der Waals surface area contributed by atoms with Gasteiger partial charge in [-0.1, -0.05) is 167 Å². The lowest BCUT2D eigenvalue weighted by molar-refractivity contribution is -0.173. The molecule has 0 atom stereocenters. The van der Waals surface area contributed by atoms with E-state index < -0.39 is 192 Å². The molecule has 1 N–H and O–H groups in total. The Morgan fingerprint density at radius 3 is 0.609 bits per heavy atom. The van der Waals surface area contributed by atoms with Crippen molar-refractivity contribution in [3.63, 3.8) is 0 Å². The Hall–Kier alpha value is -15.0. The van der Waals surface area contributed by atoms with Gasteiger partial charge in [0.25, 0.3) is 0 Å². The fourth-order valence-corrected chi connectivity index (χ4v) is 12.4. The number of benzene rings is 7. The highest BCUT2D eigenvalue weighted by molar-refractivity contribution is 5.84. The first-order valence-corrected chi connectivity index (χ1v) is 44.4. The van der Waals surface area contributed by atoms with Crippen LogP contribution in [0.4, 0.5) is 39.8 Å². The Labute approximate surface area is 808 Å². The Morgan fingerprint density at radius 2 is 0.428 bits per heavy atom. The van der Waals surface area contributed by atoms with Crippen molar-refractivity contribution in [2.45, 2.75) is 38.5 Å². The number of carbonyl (C=O) groups excluding carboxylic acids is 12. The fraction of sp³-hybridized carbons (Fsp3) is 0.362. The smallest absolute Gasteiger partial charge is 0.330 e. The van der Waals surface area contributed by atoms with Crippen LogP contribution in [0, 0.1) is 28.3 Å². The summed E-state index contributed by atoms with van der Waals surface area (Å²) in [5.41, 5.74) is 0.205. The van der Waals surface area contributed by atoms with E-state index in [2.05, 4.69) is 44.8 Å². The van der Waals surface area contributed by atoms with Gasteiger partial charge in [0.05, 0.1) is 62.6 Å². The lowest BCUT2D eigenvalue weighted by Gasteiger charge is -2.35. The molecule has 33 heteroatoms. The molecule has 0 aliphatic carbocycles. The number of ether oxygens (including phenoxy) is 14. The largest absolute Gasteiger partial charge is 0.465 e. The predicted octanol–water partition coefficient (Wildman–Crippen LogP) is 12.6. The van der Waals surface area contributed by atoms with Gasteiger partial charge < -0.3 is 96.3 Å². The molecule has 33 nitrogen and oxygen atoms in total. The molecule has 138 heavy (non-hydrogen) atoms. The second kappa shape index (κ2) is 63.3. The minimum atomic E-state index is -1.69. The van der Waals surface area contributed by atoms with E-state index in [-0.39, 0.29) is 58.2 Å². The van der Waals surface area contributed by atoms with Crippen LogP contribution in [0.25, 0.3) is 0 Å². The number of nitrogens with one attached hydrogen (secondary N) is 1. The highest BCUT2D eigenvalue weighted by atomic mass is 16.6. The second-order valence-electron chi connectivity index (χ2n) is 32.3. The van der Waals surface area contributed by atoms with Gasteiger partial charge in [0.15, 0.2) is 0 Å². The number of nitrogens with zero attached hydrogens (tertiary/aromatic N) is 6. The lowest BCUT2D eigenvalue weighted by atomic mass is 9.90. The molecule has 0 spiro atoms. The lowest BCUT2D eigenvalue weighted by Crippen LogP contribution is -2.47. The zero-order valence-corrected chi connectivity index (χ0v) is 79.9. The van der Waals surface area contributed by atoms with Crippen molar-refractivity contribution in [3.8, 4) is 0 Å². The number of carbonyl (C=O) groups is 12. The third-order valence-corrected chi connectivity index (χ3v) is 21.0. The van der Waals surface area contributed by atoms with Crippen molar-refractivity contribution in [2.24, 2.45) is 21.7 Å². The van der Waals surface area contributed by atoms with Crippen LogP contribution >= 0.6 is 0 Å². The van der Waals surface area contributed by atoms with Crippen LogP contribution in [-0.4, -0.2) is 259 Å². The van der Waals surface area contributed by atoms with Gasteiger partial charge >= 0.3 is 71.6 Å². The Balaban J connectivity index is 0.000000566. The van der Waals surface area contributed by atoms with Gasteiger partial charge in [-0.15, -0.1) is 0 Å². The molecule has 0 aliphatic rings. The molecule has 7 aromatic rings. The van der Waals surface area contributed by atoms with Crippen molar-refractivity contribution in [3.05, 3.63) is 295 Å². The number of hydrogen-bond acceptors (Lipinski definition) is 33. The summed E-state index contributed by atoms with van der Waals surface area (Å²) in [5.74, 6) is -8.62. The number of esters is 12. The molecule has 0 aromatic heterocycles.